The van der Waals surface area contributed by atoms with Gasteiger partial charge in [0.25, 0.3) is 0 Å². The van der Waals surface area contributed by atoms with E-state index in [9.17, 15) is 5.11 Å². The van der Waals surface area contributed by atoms with Crippen LogP contribution < -0.4 is 10.1 Å². The summed E-state index contributed by atoms with van der Waals surface area (Å²) in [7, 11) is 1.60. The number of methoxy groups -OCH3 is 1. The molecule has 17 heavy (non-hydrogen) atoms. The van der Waals surface area contributed by atoms with Gasteiger partial charge in [-0.15, -0.1) is 0 Å². The first kappa shape index (κ1) is 12.2. The van der Waals surface area contributed by atoms with Crippen LogP contribution in [0.3, 0.4) is 0 Å². The molecule has 3 heteroatoms. The van der Waals surface area contributed by atoms with Crippen molar-refractivity contribution in [2.45, 2.75) is 39.2 Å². The van der Waals surface area contributed by atoms with Crippen LogP contribution in [0.4, 0.5) is 0 Å². The first-order valence-electron chi connectivity index (χ1n) is 6.12. The Labute approximate surface area is 103 Å². The van der Waals surface area contributed by atoms with Crippen molar-refractivity contribution in [2.24, 2.45) is 0 Å². The fourth-order valence-corrected chi connectivity index (χ4v) is 2.81. The first-order chi connectivity index (χ1) is 7.99. The van der Waals surface area contributed by atoms with E-state index >= 15 is 0 Å². The molecule has 3 nitrogen and oxygen atoms in total. The number of nitrogens with one attached hydrogen (secondary N) is 1. The van der Waals surface area contributed by atoms with Crippen molar-refractivity contribution in [3.05, 3.63) is 22.8 Å². The second-order valence-electron chi connectivity index (χ2n) is 5.11. The van der Waals surface area contributed by atoms with Gasteiger partial charge in [0.1, 0.15) is 0 Å². The molecular formula is C14H21NO2. The molecule has 0 aromatic heterocycles. The summed E-state index contributed by atoms with van der Waals surface area (Å²) in [6.45, 7) is 7.28. The van der Waals surface area contributed by atoms with Crippen molar-refractivity contribution >= 4 is 0 Å². The number of ether oxygens (including phenoxy) is 1. The maximum atomic E-state index is 10.4. The number of phenolic OH excluding ortho intramolecular Hbond substituents is 1. The Kier molecular flexibility index (Phi) is 3.04. The van der Waals surface area contributed by atoms with E-state index in [0.717, 1.165) is 36.1 Å². The molecule has 1 aromatic rings. The van der Waals surface area contributed by atoms with E-state index in [4.69, 9.17) is 4.74 Å². The summed E-state index contributed by atoms with van der Waals surface area (Å²) >= 11 is 0. The van der Waals surface area contributed by atoms with Crippen LogP contribution in [0.15, 0.2) is 6.07 Å². The molecule has 94 valence electrons. The second kappa shape index (κ2) is 4.22. The van der Waals surface area contributed by atoms with E-state index in [1.807, 2.05) is 6.07 Å². The van der Waals surface area contributed by atoms with E-state index in [-0.39, 0.29) is 11.3 Å². The van der Waals surface area contributed by atoms with Crippen LogP contribution in [0.25, 0.3) is 0 Å². The van der Waals surface area contributed by atoms with Crippen LogP contribution in [0.5, 0.6) is 11.5 Å². The molecule has 1 aromatic carbocycles. The Balaban J connectivity index is 2.62. The normalized spacial score (nSPS) is 24.0. The van der Waals surface area contributed by atoms with Gasteiger partial charge in [0, 0.05) is 11.1 Å². The molecule has 1 atom stereocenters. The van der Waals surface area contributed by atoms with Gasteiger partial charge in [-0.3, -0.25) is 0 Å². The van der Waals surface area contributed by atoms with Crippen LogP contribution in [0.1, 0.15) is 36.5 Å². The number of hydrogen-bond acceptors (Lipinski definition) is 3. The largest absolute Gasteiger partial charge is 0.504 e. The smallest absolute Gasteiger partial charge is 0.163 e. The average Bonchev–Trinajstić information content (AvgIpc) is 2.71. The quantitative estimate of drug-likeness (QED) is 0.828. The van der Waals surface area contributed by atoms with Crippen molar-refractivity contribution < 1.29 is 9.84 Å². The molecule has 1 unspecified atom stereocenters. The molecule has 1 fully saturated rings. The van der Waals surface area contributed by atoms with Gasteiger partial charge in [-0.1, -0.05) is 0 Å². The Hall–Kier alpha value is -1.22. The fraction of sp³-hybridized carbons (Fsp3) is 0.571. The van der Waals surface area contributed by atoms with Gasteiger partial charge in [0.15, 0.2) is 11.5 Å². The third-order valence-electron chi connectivity index (χ3n) is 3.92. The highest BCUT2D eigenvalue weighted by Gasteiger charge is 2.35. The van der Waals surface area contributed by atoms with Gasteiger partial charge in [-0.05, 0) is 57.4 Å². The molecule has 1 aliphatic rings. The van der Waals surface area contributed by atoms with Crippen LogP contribution in [-0.2, 0) is 5.54 Å². The van der Waals surface area contributed by atoms with Gasteiger partial charge < -0.3 is 15.2 Å². The number of hydrogen-bond donors (Lipinski definition) is 2. The van der Waals surface area contributed by atoms with E-state index in [1.165, 1.54) is 0 Å². The molecule has 2 N–H and O–H groups in total. The van der Waals surface area contributed by atoms with E-state index < -0.39 is 0 Å². The summed E-state index contributed by atoms with van der Waals surface area (Å²) in [6.07, 6.45) is 2.19. The topological polar surface area (TPSA) is 41.5 Å². The molecule has 1 aliphatic heterocycles. The Morgan fingerprint density at radius 3 is 2.65 bits per heavy atom. The van der Waals surface area contributed by atoms with Gasteiger partial charge in [-0.2, -0.15) is 0 Å². The number of benzene rings is 1. The molecule has 0 aliphatic carbocycles. The predicted octanol–water partition coefficient (Wildman–Crippen LogP) is 2.62. The maximum absolute atomic E-state index is 10.4. The summed E-state index contributed by atoms with van der Waals surface area (Å²) in [5, 5.41) is 13.8. The third-order valence-corrected chi connectivity index (χ3v) is 3.92. The summed E-state index contributed by atoms with van der Waals surface area (Å²) in [6, 6.07) is 1.90. The van der Waals surface area contributed by atoms with E-state index in [2.05, 4.69) is 26.1 Å². The van der Waals surface area contributed by atoms with Gasteiger partial charge >= 0.3 is 0 Å². The number of aromatic hydroxyl groups is 1. The highest BCUT2D eigenvalue weighted by atomic mass is 16.5. The Morgan fingerprint density at radius 2 is 2.12 bits per heavy atom. The minimum Gasteiger partial charge on any atom is -0.504 e. The van der Waals surface area contributed by atoms with Crippen LogP contribution in [-0.4, -0.2) is 18.8 Å². The van der Waals surface area contributed by atoms with Crippen LogP contribution in [0.2, 0.25) is 0 Å². The first-order valence-corrected chi connectivity index (χ1v) is 6.12. The zero-order chi connectivity index (χ0) is 12.6. The predicted molar refractivity (Wildman–Crippen MR) is 68.7 cm³/mol. The number of aryl methyl sites for hydroxylation is 1. The lowest BCUT2D eigenvalue weighted by molar-refractivity contribution is 0.349. The second-order valence-corrected chi connectivity index (χ2v) is 5.11. The zero-order valence-corrected chi connectivity index (χ0v) is 11.1. The van der Waals surface area contributed by atoms with E-state index in [0.29, 0.717) is 5.75 Å². The van der Waals surface area contributed by atoms with Crippen molar-refractivity contribution in [3.63, 3.8) is 0 Å². The van der Waals surface area contributed by atoms with Crippen molar-refractivity contribution in [2.75, 3.05) is 13.7 Å². The fourth-order valence-electron chi connectivity index (χ4n) is 2.81. The zero-order valence-electron chi connectivity index (χ0n) is 11.1. The molecule has 0 spiro atoms. The SMILES string of the molecule is COc1cc(C)c(C)c(C2(C)CCCN2)c1O. The minimum atomic E-state index is -0.131. The highest BCUT2D eigenvalue weighted by Crippen LogP contribution is 2.43. The molecule has 0 bridgehead atoms. The molecule has 0 radical (unpaired) electrons. The number of phenols is 1. The molecule has 2 rings (SSSR count). The van der Waals surface area contributed by atoms with E-state index in [1.54, 1.807) is 7.11 Å². The van der Waals surface area contributed by atoms with Crippen molar-refractivity contribution in [3.8, 4) is 11.5 Å². The highest BCUT2D eigenvalue weighted by molar-refractivity contribution is 5.56. The Bertz CT molecular complexity index is 434. The lowest BCUT2D eigenvalue weighted by atomic mass is 9.84. The molecule has 1 saturated heterocycles. The molecule has 1 heterocycles. The minimum absolute atomic E-state index is 0.131. The molecule has 0 amide bonds. The lowest BCUT2D eigenvalue weighted by Gasteiger charge is -2.29. The Morgan fingerprint density at radius 1 is 1.41 bits per heavy atom. The third kappa shape index (κ3) is 1.89. The molecule has 0 saturated carbocycles. The van der Waals surface area contributed by atoms with Crippen molar-refractivity contribution in [1.82, 2.24) is 5.32 Å². The monoisotopic (exact) mass is 235 g/mol. The van der Waals surface area contributed by atoms with Crippen molar-refractivity contribution in [1.29, 1.82) is 0 Å². The summed E-state index contributed by atoms with van der Waals surface area (Å²) in [4.78, 5) is 0. The summed E-state index contributed by atoms with van der Waals surface area (Å²) in [5.41, 5.74) is 3.17. The summed E-state index contributed by atoms with van der Waals surface area (Å²) in [5.74, 6) is 0.852. The van der Waals surface area contributed by atoms with Gasteiger partial charge in [0.05, 0.1) is 7.11 Å². The maximum Gasteiger partial charge on any atom is 0.163 e. The lowest BCUT2D eigenvalue weighted by Crippen LogP contribution is -2.34. The van der Waals surface area contributed by atoms with Crippen LogP contribution >= 0.6 is 0 Å². The van der Waals surface area contributed by atoms with Gasteiger partial charge in [0.2, 0.25) is 0 Å². The average molecular weight is 235 g/mol. The number of rotatable bonds is 2. The standard InChI is InChI=1S/C14H21NO2/c1-9-8-11(17-4)13(16)12(10(9)2)14(3)6-5-7-15-14/h8,15-16H,5-7H2,1-4H3. The summed E-state index contributed by atoms with van der Waals surface area (Å²) < 4.78 is 5.25. The van der Waals surface area contributed by atoms with Gasteiger partial charge in [-0.25, -0.2) is 0 Å². The van der Waals surface area contributed by atoms with Crippen LogP contribution in [0, 0.1) is 13.8 Å². The molecular weight excluding hydrogens is 214 g/mol.